The summed E-state index contributed by atoms with van der Waals surface area (Å²) in [5.41, 5.74) is 1.70. The second-order valence-electron chi connectivity index (χ2n) is 4.32. The van der Waals surface area contributed by atoms with Crippen molar-refractivity contribution in [1.82, 2.24) is 5.16 Å². The van der Waals surface area contributed by atoms with Crippen molar-refractivity contribution in [3.05, 3.63) is 40.5 Å². The number of hydrogen-bond donors (Lipinski definition) is 0. The first-order valence-corrected chi connectivity index (χ1v) is 6.69. The molecule has 0 aliphatic heterocycles. The number of ether oxygens (including phenoxy) is 1. The Hall–Kier alpha value is -1.62. The molecule has 0 amide bonds. The molecule has 0 saturated heterocycles. The van der Waals surface area contributed by atoms with Crippen molar-refractivity contribution in [3.8, 4) is 11.3 Å². The molecule has 0 spiro atoms. The Balaban J connectivity index is 2.11. The van der Waals surface area contributed by atoms with Crippen LogP contribution in [0.2, 0.25) is 0 Å². The van der Waals surface area contributed by atoms with Gasteiger partial charge in [-0.05, 0) is 12.1 Å². The molecule has 0 N–H and O–H groups in total. The molecule has 2 aromatic rings. The lowest BCUT2D eigenvalue weighted by atomic mass is 10.1. The molecule has 0 aliphatic carbocycles. The fourth-order valence-corrected chi connectivity index (χ4v) is 2.02. The highest BCUT2D eigenvalue weighted by Crippen LogP contribution is 2.23. The summed E-state index contributed by atoms with van der Waals surface area (Å²) in [6.45, 7) is 1.81. The maximum Gasteiger partial charge on any atom is 0.308 e. The summed E-state index contributed by atoms with van der Waals surface area (Å²) < 4.78 is 11.0. The molecule has 2 rings (SSSR count). The molecule has 1 unspecified atom stereocenters. The molecule has 0 bridgehead atoms. The van der Waals surface area contributed by atoms with Gasteiger partial charge in [-0.3, -0.25) is 4.79 Å². The van der Waals surface area contributed by atoms with E-state index < -0.39 is 0 Å². The van der Waals surface area contributed by atoms with Crippen molar-refractivity contribution < 1.29 is 14.1 Å². The van der Waals surface area contributed by atoms with Crippen molar-refractivity contribution in [2.24, 2.45) is 5.92 Å². The predicted molar refractivity (Wildman–Crippen MR) is 74.5 cm³/mol. The minimum atomic E-state index is -0.242. The zero-order valence-corrected chi connectivity index (χ0v) is 12.3. The monoisotopic (exact) mass is 323 g/mol. The van der Waals surface area contributed by atoms with E-state index in [1.165, 1.54) is 7.11 Å². The summed E-state index contributed by atoms with van der Waals surface area (Å²) in [5.74, 6) is 0.223. The van der Waals surface area contributed by atoms with Crippen LogP contribution in [0.25, 0.3) is 11.3 Å². The number of halogens is 1. The van der Waals surface area contributed by atoms with Crippen LogP contribution in [0, 0.1) is 5.92 Å². The van der Waals surface area contributed by atoms with Gasteiger partial charge in [-0.25, -0.2) is 0 Å². The highest BCUT2D eigenvalue weighted by molar-refractivity contribution is 9.10. The third kappa shape index (κ3) is 3.44. The lowest BCUT2D eigenvalue weighted by Gasteiger charge is -2.05. The number of esters is 1. The first-order valence-electron chi connectivity index (χ1n) is 5.89. The second kappa shape index (κ2) is 6.02. The smallest absolute Gasteiger partial charge is 0.308 e. The summed E-state index contributed by atoms with van der Waals surface area (Å²) in [6, 6.07) is 9.61. The average Bonchev–Trinajstić information content (AvgIpc) is 2.87. The highest BCUT2D eigenvalue weighted by atomic mass is 79.9. The Kier molecular flexibility index (Phi) is 4.37. The van der Waals surface area contributed by atoms with E-state index in [1.54, 1.807) is 6.92 Å². The average molecular weight is 324 g/mol. The van der Waals surface area contributed by atoms with Gasteiger partial charge in [0.05, 0.1) is 18.7 Å². The van der Waals surface area contributed by atoms with Gasteiger partial charge in [-0.15, -0.1) is 0 Å². The first-order chi connectivity index (χ1) is 9.10. The molecule has 0 fully saturated rings. The summed E-state index contributed by atoms with van der Waals surface area (Å²) in [7, 11) is 1.38. The molecule has 0 aliphatic rings. The number of carbonyl (C=O) groups is 1. The summed E-state index contributed by atoms with van der Waals surface area (Å²) in [6.07, 6.45) is 0.507. The second-order valence-corrected chi connectivity index (χ2v) is 5.23. The Morgan fingerprint density at radius 3 is 2.74 bits per heavy atom. The van der Waals surface area contributed by atoms with Crippen LogP contribution in [0.15, 0.2) is 39.3 Å². The molecule has 4 nitrogen and oxygen atoms in total. The van der Waals surface area contributed by atoms with Crippen LogP contribution in [-0.4, -0.2) is 18.2 Å². The van der Waals surface area contributed by atoms with E-state index in [1.807, 2.05) is 30.3 Å². The molecule has 1 aromatic carbocycles. The number of carbonyl (C=O) groups excluding carboxylic acids is 1. The van der Waals surface area contributed by atoms with Crippen LogP contribution < -0.4 is 0 Å². The minimum absolute atomic E-state index is 0.229. The Labute approximate surface area is 119 Å². The topological polar surface area (TPSA) is 52.3 Å². The van der Waals surface area contributed by atoms with Gasteiger partial charge in [-0.2, -0.15) is 0 Å². The third-order valence-corrected chi connectivity index (χ3v) is 3.34. The van der Waals surface area contributed by atoms with Crippen LogP contribution >= 0.6 is 15.9 Å². The van der Waals surface area contributed by atoms with Gasteiger partial charge in [0.15, 0.2) is 5.76 Å². The Morgan fingerprint density at radius 1 is 1.42 bits per heavy atom. The SMILES string of the molecule is COC(=O)C(C)Cc1cc(-c2ccc(Br)cc2)on1. The largest absolute Gasteiger partial charge is 0.469 e. The third-order valence-electron chi connectivity index (χ3n) is 2.81. The van der Waals surface area contributed by atoms with Gasteiger partial charge in [0.2, 0.25) is 0 Å². The number of aromatic nitrogens is 1. The number of rotatable bonds is 4. The normalized spacial score (nSPS) is 12.2. The summed E-state index contributed by atoms with van der Waals surface area (Å²) in [5, 5.41) is 3.98. The van der Waals surface area contributed by atoms with Gasteiger partial charge >= 0.3 is 5.97 Å². The van der Waals surface area contributed by atoms with E-state index in [4.69, 9.17) is 4.52 Å². The Bertz CT molecular complexity index is 562. The van der Waals surface area contributed by atoms with E-state index >= 15 is 0 Å². The molecule has 5 heteroatoms. The molecule has 0 radical (unpaired) electrons. The molecule has 1 heterocycles. The summed E-state index contributed by atoms with van der Waals surface area (Å²) in [4.78, 5) is 11.3. The minimum Gasteiger partial charge on any atom is -0.469 e. The van der Waals surface area contributed by atoms with Crippen molar-refractivity contribution in [2.45, 2.75) is 13.3 Å². The van der Waals surface area contributed by atoms with Crippen molar-refractivity contribution in [2.75, 3.05) is 7.11 Å². The molecule has 1 atom stereocenters. The van der Waals surface area contributed by atoms with Gasteiger partial charge < -0.3 is 9.26 Å². The molecule has 19 heavy (non-hydrogen) atoms. The van der Waals surface area contributed by atoms with Gasteiger partial charge in [-0.1, -0.05) is 40.1 Å². The molecule has 1 aromatic heterocycles. The van der Waals surface area contributed by atoms with Crippen molar-refractivity contribution in [3.63, 3.8) is 0 Å². The molecular weight excluding hydrogens is 310 g/mol. The number of benzene rings is 1. The fourth-order valence-electron chi connectivity index (χ4n) is 1.76. The van der Waals surface area contributed by atoms with Crippen molar-refractivity contribution in [1.29, 1.82) is 0 Å². The maximum atomic E-state index is 11.3. The lowest BCUT2D eigenvalue weighted by molar-refractivity contribution is -0.144. The maximum absolute atomic E-state index is 11.3. The number of hydrogen-bond acceptors (Lipinski definition) is 4. The van der Waals surface area contributed by atoms with E-state index in [2.05, 4.69) is 25.8 Å². The molecular formula is C14H14BrNO3. The van der Waals surface area contributed by atoms with Gasteiger partial charge in [0.1, 0.15) is 0 Å². The van der Waals surface area contributed by atoms with E-state index in [0.717, 1.165) is 15.7 Å². The lowest BCUT2D eigenvalue weighted by Crippen LogP contribution is -2.15. The Morgan fingerprint density at radius 2 is 2.11 bits per heavy atom. The quantitative estimate of drug-likeness (QED) is 0.808. The van der Waals surface area contributed by atoms with Gasteiger partial charge in [0.25, 0.3) is 0 Å². The van der Waals surface area contributed by atoms with Crippen molar-refractivity contribution >= 4 is 21.9 Å². The van der Waals surface area contributed by atoms with Crippen LogP contribution in [0.1, 0.15) is 12.6 Å². The fraction of sp³-hybridized carbons (Fsp3) is 0.286. The van der Waals surface area contributed by atoms with Gasteiger partial charge in [0, 0.05) is 22.5 Å². The predicted octanol–water partition coefficient (Wildman–Crippen LogP) is 3.46. The van der Waals surface area contributed by atoms with Crippen LogP contribution in [0.3, 0.4) is 0 Å². The standard InChI is InChI=1S/C14H14BrNO3/c1-9(14(17)18-2)7-12-8-13(19-16-12)10-3-5-11(15)6-4-10/h3-6,8-9H,7H2,1-2H3. The highest BCUT2D eigenvalue weighted by Gasteiger charge is 2.16. The number of methoxy groups -OCH3 is 1. The van der Waals surface area contributed by atoms with Crippen LogP contribution in [0.5, 0.6) is 0 Å². The van der Waals surface area contributed by atoms with E-state index in [0.29, 0.717) is 12.2 Å². The van der Waals surface area contributed by atoms with E-state index in [-0.39, 0.29) is 11.9 Å². The number of nitrogens with zero attached hydrogens (tertiary/aromatic N) is 1. The van der Waals surface area contributed by atoms with Crippen LogP contribution in [0.4, 0.5) is 0 Å². The van der Waals surface area contributed by atoms with Crippen LogP contribution in [-0.2, 0) is 16.0 Å². The molecule has 0 saturated carbocycles. The molecule has 100 valence electrons. The zero-order chi connectivity index (χ0) is 13.8. The first kappa shape index (κ1) is 13.8. The summed E-state index contributed by atoms with van der Waals surface area (Å²) >= 11 is 3.38. The van der Waals surface area contributed by atoms with E-state index in [9.17, 15) is 4.79 Å². The zero-order valence-electron chi connectivity index (χ0n) is 10.7.